The first kappa shape index (κ1) is 13.9. The van der Waals surface area contributed by atoms with Crippen LogP contribution in [0.4, 0.5) is 18.9 Å². The summed E-state index contributed by atoms with van der Waals surface area (Å²) >= 11 is 0. The number of anilines is 1. The van der Waals surface area contributed by atoms with E-state index in [2.05, 4.69) is 0 Å². The van der Waals surface area contributed by atoms with Gasteiger partial charge in [0.25, 0.3) is 0 Å². The van der Waals surface area contributed by atoms with Gasteiger partial charge in [0.05, 0.1) is 5.56 Å². The van der Waals surface area contributed by atoms with Gasteiger partial charge in [-0.15, -0.1) is 0 Å². The summed E-state index contributed by atoms with van der Waals surface area (Å²) < 4.78 is 39.2. The van der Waals surface area contributed by atoms with Gasteiger partial charge in [0.2, 0.25) is 0 Å². The molecule has 1 aromatic rings. The van der Waals surface area contributed by atoms with Gasteiger partial charge in [0.15, 0.2) is 0 Å². The van der Waals surface area contributed by atoms with Crippen molar-refractivity contribution in [2.45, 2.75) is 26.4 Å². The van der Waals surface area contributed by atoms with Crippen LogP contribution in [0.25, 0.3) is 0 Å². The fraction of sp³-hybridized carbons (Fsp3) is 0.500. The third-order valence-corrected chi connectivity index (χ3v) is 3.48. The molecule has 0 atom stereocenters. The van der Waals surface area contributed by atoms with Crippen LogP contribution in [0.3, 0.4) is 0 Å². The predicted octanol–water partition coefficient (Wildman–Crippen LogP) is 3.75. The molecule has 0 radical (unpaired) electrons. The first-order chi connectivity index (χ1) is 8.73. The monoisotopic (exact) mass is 271 g/mol. The Balaban J connectivity index is 2.43. The number of hydrogen-bond acceptors (Lipinski definition) is 2. The molecule has 19 heavy (non-hydrogen) atoms. The topological polar surface area (TPSA) is 20.3 Å². The molecule has 0 bridgehead atoms. The summed E-state index contributed by atoms with van der Waals surface area (Å²) in [6, 6.07) is 3.75. The van der Waals surface area contributed by atoms with Crippen molar-refractivity contribution in [3.8, 4) is 0 Å². The molecule has 1 aromatic carbocycles. The molecule has 0 aliphatic carbocycles. The average molecular weight is 271 g/mol. The number of benzene rings is 1. The molecular formula is C14H16F3NO. The summed E-state index contributed by atoms with van der Waals surface area (Å²) in [7, 11) is 0. The lowest BCUT2D eigenvalue weighted by atomic mass is 9.93. The van der Waals surface area contributed by atoms with Gasteiger partial charge in [-0.05, 0) is 30.0 Å². The van der Waals surface area contributed by atoms with Crippen LogP contribution in [0.2, 0.25) is 0 Å². The highest BCUT2D eigenvalue weighted by Gasteiger charge is 2.38. The van der Waals surface area contributed by atoms with Gasteiger partial charge in [-0.3, -0.25) is 4.79 Å². The highest BCUT2D eigenvalue weighted by Crippen LogP contribution is 2.40. The van der Waals surface area contributed by atoms with Crippen LogP contribution in [0.5, 0.6) is 0 Å². The van der Waals surface area contributed by atoms with Gasteiger partial charge < -0.3 is 4.90 Å². The van der Waals surface area contributed by atoms with Crippen molar-refractivity contribution >= 4 is 12.0 Å². The number of aldehydes is 1. The Labute approximate surface area is 110 Å². The molecule has 0 aromatic heterocycles. The number of carbonyl (C=O) groups is 1. The van der Waals surface area contributed by atoms with Crippen molar-refractivity contribution < 1.29 is 18.0 Å². The lowest BCUT2D eigenvalue weighted by molar-refractivity contribution is -0.137. The SMILES string of the molecule is CC1(C)CCN(c2ccc(C=O)cc2C(F)(F)F)C1. The predicted molar refractivity (Wildman–Crippen MR) is 67.4 cm³/mol. The molecule has 2 nitrogen and oxygen atoms in total. The molecule has 0 amide bonds. The number of nitrogens with zero attached hydrogens (tertiary/aromatic N) is 1. The molecule has 0 unspecified atom stereocenters. The van der Waals surface area contributed by atoms with Crippen molar-refractivity contribution in [1.29, 1.82) is 0 Å². The second kappa shape index (κ2) is 4.54. The van der Waals surface area contributed by atoms with Crippen LogP contribution >= 0.6 is 0 Å². The summed E-state index contributed by atoms with van der Waals surface area (Å²) in [5, 5.41) is 0. The van der Waals surface area contributed by atoms with Crippen LogP contribution in [0.1, 0.15) is 36.2 Å². The van der Waals surface area contributed by atoms with Crippen LogP contribution in [0, 0.1) is 5.41 Å². The van der Waals surface area contributed by atoms with Crippen molar-refractivity contribution in [2.75, 3.05) is 18.0 Å². The summed E-state index contributed by atoms with van der Waals surface area (Å²) in [5.74, 6) is 0. The minimum absolute atomic E-state index is 0.0200. The second-order valence-electron chi connectivity index (χ2n) is 5.73. The molecule has 0 saturated carbocycles. The van der Waals surface area contributed by atoms with E-state index < -0.39 is 11.7 Å². The van der Waals surface area contributed by atoms with Crippen LogP contribution in [-0.2, 0) is 6.18 Å². The zero-order chi connectivity index (χ0) is 14.3. The van der Waals surface area contributed by atoms with Gasteiger partial charge in [-0.25, -0.2) is 0 Å². The van der Waals surface area contributed by atoms with E-state index in [1.807, 2.05) is 13.8 Å². The summed E-state index contributed by atoms with van der Waals surface area (Å²) in [4.78, 5) is 12.4. The fourth-order valence-electron chi connectivity index (χ4n) is 2.45. The quantitative estimate of drug-likeness (QED) is 0.763. The second-order valence-corrected chi connectivity index (χ2v) is 5.73. The van der Waals surface area contributed by atoms with E-state index in [1.165, 1.54) is 12.1 Å². The van der Waals surface area contributed by atoms with Crippen LogP contribution in [0.15, 0.2) is 18.2 Å². The number of hydrogen-bond donors (Lipinski definition) is 0. The van der Waals surface area contributed by atoms with E-state index in [4.69, 9.17) is 0 Å². The van der Waals surface area contributed by atoms with Gasteiger partial charge in [0.1, 0.15) is 6.29 Å². The Morgan fingerprint density at radius 3 is 2.47 bits per heavy atom. The molecule has 1 aliphatic rings. The maximum Gasteiger partial charge on any atom is 0.418 e. The lowest BCUT2D eigenvalue weighted by Gasteiger charge is -2.25. The zero-order valence-electron chi connectivity index (χ0n) is 10.9. The number of carbonyl (C=O) groups excluding carboxylic acids is 1. The molecule has 1 fully saturated rings. The largest absolute Gasteiger partial charge is 0.418 e. The lowest BCUT2D eigenvalue weighted by Crippen LogP contribution is -2.25. The molecule has 1 aliphatic heterocycles. The third kappa shape index (κ3) is 2.91. The van der Waals surface area contributed by atoms with E-state index in [0.29, 0.717) is 19.4 Å². The molecule has 0 N–H and O–H groups in total. The Kier molecular flexibility index (Phi) is 3.32. The van der Waals surface area contributed by atoms with Crippen molar-refractivity contribution in [2.24, 2.45) is 5.41 Å². The minimum atomic E-state index is -4.44. The Hall–Kier alpha value is -1.52. The minimum Gasteiger partial charge on any atom is -0.370 e. The van der Waals surface area contributed by atoms with E-state index >= 15 is 0 Å². The van der Waals surface area contributed by atoms with E-state index in [-0.39, 0.29) is 16.7 Å². The molecule has 0 spiro atoms. The molecule has 104 valence electrons. The van der Waals surface area contributed by atoms with Crippen LogP contribution in [-0.4, -0.2) is 19.4 Å². The Morgan fingerprint density at radius 2 is 2.00 bits per heavy atom. The summed E-state index contributed by atoms with van der Waals surface area (Å²) in [6.07, 6.45) is -3.15. The third-order valence-electron chi connectivity index (χ3n) is 3.48. The highest BCUT2D eigenvalue weighted by atomic mass is 19.4. The Morgan fingerprint density at radius 1 is 1.32 bits per heavy atom. The number of alkyl halides is 3. The normalized spacial score (nSPS) is 18.7. The van der Waals surface area contributed by atoms with Gasteiger partial charge in [0, 0.05) is 24.3 Å². The molecule has 5 heteroatoms. The van der Waals surface area contributed by atoms with Gasteiger partial charge in [-0.1, -0.05) is 13.8 Å². The van der Waals surface area contributed by atoms with Crippen molar-refractivity contribution in [1.82, 2.24) is 0 Å². The average Bonchev–Trinajstić information content (AvgIpc) is 2.67. The van der Waals surface area contributed by atoms with Crippen molar-refractivity contribution in [3.63, 3.8) is 0 Å². The summed E-state index contributed by atoms with van der Waals surface area (Å²) in [5.41, 5.74) is -0.486. The number of rotatable bonds is 2. The molecular weight excluding hydrogens is 255 g/mol. The molecule has 1 saturated heterocycles. The van der Waals surface area contributed by atoms with E-state index in [9.17, 15) is 18.0 Å². The summed E-state index contributed by atoms with van der Waals surface area (Å²) in [6.45, 7) is 5.28. The van der Waals surface area contributed by atoms with Crippen molar-refractivity contribution in [3.05, 3.63) is 29.3 Å². The van der Waals surface area contributed by atoms with Crippen LogP contribution < -0.4 is 4.90 Å². The fourth-order valence-corrected chi connectivity index (χ4v) is 2.45. The van der Waals surface area contributed by atoms with E-state index in [1.54, 1.807) is 4.90 Å². The Bertz CT molecular complexity index is 494. The standard InChI is InChI=1S/C14H16F3NO/c1-13(2)5-6-18(9-13)12-4-3-10(8-19)7-11(12)14(15,16)17/h3-4,7-8H,5-6,9H2,1-2H3. The first-order valence-corrected chi connectivity index (χ1v) is 6.14. The smallest absolute Gasteiger partial charge is 0.370 e. The zero-order valence-corrected chi connectivity index (χ0v) is 10.9. The number of halogens is 3. The first-order valence-electron chi connectivity index (χ1n) is 6.14. The van der Waals surface area contributed by atoms with E-state index in [0.717, 1.165) is 12.5 Å². The molecule has 1 heterocycles. The van der Waals surface area contributed by atoms with Gasteiger partial charge in [-0.2, -0.15) is 13.2 Å². The maximum absolute atomic E-state index is 13.1. The highest BCUT2D eigenvalue weighted by molar-refractivity contribution is 5.77. The maximum atomic E-state index is 13.1. The molecule has 2 rings (SSSR count). The van der Waals surface area contributed by atoms with Gasteiger partial charge >= 0.3 is 6.18 Å².